The van der Waals surface area contributed by atoms with Gasteiger partial charge in [-0.3, -0.25) is 0 Å². The molecular weight excluding hydrogens is 250 g/mol. The third-order valence-corrected chi connectivity index (χ3v) is 3.01. The molecule has 20 heavy (non-hydrogen) atoms. The first-order chi connectivity index (χ1) is 9.70. The van der Waals surface area contributed by atoms with Crippen molar-refractivity contribution in [2.45, 2.75) is 13.3 Å². The second kappa shape index (κ2) is 6.78. The Kier molecular flexibility index (Phi) is 4.80. The number of imidazole rings is 1. The summed E-state index contributed by atoms with van der Waals surface area (Å²) >= 11 is 0. The zero-order valence-electron chi connectivity index (χ0n) is 11.9. The molecule has 104 valence electrons. The van der Waals surface area contributed by atoms with Gasteiger partial charge in [0.2, 0.25) is 0 Å². The summed E-state index contributed by atoms with van der Waals surface area (Å²) < 4.78 is 7.80. The number of hydrogen-bond donors (Lipinski definition) is 1. The van der Waals surface area contributed by atoms with E-state index in [9.17, 15) is 0 Å². The number of aromatic nitrogens is 2. The molecule has 1 aromatic carbocycles. The largest absolute Gasteiger partial charge is 0.493 e. The number of hydrogen-bond acceptors (Lipinski definition) is 3. The Labute approximate surface area is 119 Å². The van der Waals surface area contributed by atoms with Crippen molar-refractivity contribution in [2.24, 2.45) is 12.8 Å². The second-order valence-electron chi connectivity index (χ2n) is 4.54. The van der Waals surface area contributed by atoms with Crippen LogP contribution in [0.5, 0.6) is 5.75 Å². The zero-order valence-corrected chi connectivity index (χ0v) is 11.9. The number of rotatable bonds is 4. The van der Waals surface area contributed by atoms with Gasteiger partial charge in [0.25, 0.3) is 0 Å². The van der Waals surface area contributed by atoms with Crippen LogP contribution in [0.3, 0.4) is 0 Å². The van der Waals surface area contributed by atoms with Gasteiger partial charge in [0.1, 0.15) is 11.6 Å². The lowest BCUT2D eigenvalue weighted by atomic mass is 10.1. The molecule has 1 aromatic heterocycles. The summed E-state index contributed by atoms with van der Waals surface area (Å²) in [7, 11) is 1.98. The lowest BCUT2D eigenvalue weighted by Crippen LogP contribution is -2.06. The molecule has 0 aliphatic heterocycles. The fourth-order valence-electron chi connectivity index (χ4n) is 1.93. The molecular formula is C16H19N3O. The first kappa shape index (κ1) is 14.2. The van der Waals surface area contributed by atoms with Crippen molar-refractivity contribution in [2.75, 3.05) is 13.2 Å². The molecule has 0 aliphatic carbocycles. The van der Waals surface area contributed by atoms with Crippen LogP contribution in [0.4, 0.5) is 0 Å². The Morgan fingerprint density at radius 3 is 2.90 bits per heavy atom. The fourth-order valence-corrected chi connectivity index (χ4v) is 1.93. The van der Waals surface area contributed by atoms with Crippen LogP contribution in [-0.4, -0.2) is 22.7 Å². The van der Waals surface area contributed by atoms with Crippen molar-refractivity contribution < 1.29 is 4.74 Å². The molecule has 1 heterocycles. The minimum Gasteiger partial charge on any atom is -0.493 e. The minimum atomic E-state index is 0.376. The highest BCUT2D eigenvalue weighted by molar-refractivity contribution is 5.43. The number of aryl methyl sites for hydroxylation is 2. The second-order valence-corrected chi connectivity index (χ2v) is 4.54. The van der Waals surface area contributed by atoms with Crippen LogP contribution in [0.2, 0.25) is 0 Å². The Morgan fingerprint density at radius 1 is 1.40 bits per heavy atom. The molecule has 0 bridgehead atoms. The maximum Gasteiger partial charge on any atom is 0.122 e. The molecule has 0 saturated carbocycles. The minimum absolute atomic E-state index is 0.376. The SMILES string of the molecule is Cc1cc(C#CCN)ccc1OCCc1nccn1C. The van der Waals surface area contributed by atoms with Gasteiger partial charge in [-0.1, -0.05) is 11.8 Å². The molecule has 0 aliphatic rings. The van der Waals surface area contributed by atoms with E-state index in [1.807, 2.05) is 42.9 Å². The summed E-state index contributed by atoms with van der Waals surface area (Å²) in [4.78, 5) is 4.27. The molecule has 0 unspecified atom stereocenters. The van der Waals surface area contributed by atoms with E-state index in [-0.39, 0.29) is 0 Å². The topological polar surface area (TPSA) is 53.1 Å². The first-order valence-electron chi connectivity index (χ1n) is 6.59. The van der Waals surface area contributed by atoms with Gasteiger partial charge in [-0.25, -0.2) is 4.98 Å². The fraction of sp³-hybridized carbons (Fsp3) is 0.312. The highest BCUT2D eigenvalue weighted by Gasteiger charge is 2.03. The maximum atomic E-state index is 5.80. The van der Waals surface area contributed by atoms with Crippen molar-refractivity contribution in [3.8, 4) is 17.6 Å². The van der Waals surface area contributed by atoms with E-state index in [1.165, 1.54) is 0 Å². The predicted octanol–water partition coefficient (Wildman–Crippen LogP) is 1.66. The van der Waals surface area contributed by atoms with Gasteiger partial charge in [-0.2, -0.15) is 0 Å². The molecule has 0 atom stereocenters. The first-order valence-corrected chi connectivity index (χ1v) is 6.59. The third-order valence-electron chi connectivity index (χ3n) is 3.01. The Hall–Kier alpha value is -2.25. The summed E-state index contributed by atoms with van der Waals surface area (Å²) in [5, 5.41) is 0. The van der Waals surface area contributed by atoms with Gasteiger partial charge in [0.15, 0.2) is 0 Å². The lowest BCUT2D eigenvalue weighted by molar-refractivity contribution is 0.315. The van der Waals surface area contributed by atoms with Gasteiger partial charge in [0.05, 0.1) is 13.2 Å². The molecule has 2 N–H and O–H groups in total. The van der Waals surface area contributed by atoms with Crippen molar-refractivity contribution in [3.63, 3.8) is 0 Å². The number of ether oxygens (including phenoxy) is 1. The Morgan fingerprint density at radius 2 is 2.25 bits per heavy atom. The molecule has 2 aromatic rings. The molecule has 2 rings (SSSR count). The monoisotopic (exact) mass is 269 g/mol. The molecule has 0 amide bonds. The number of nitrogens with two attached hydrogens (primary N) is 1. The van der Waals surface area contributed by atoms with Crippen LogP contribution >= 0.6 is 0 Å². The average molecular weight is 269 g/mol. The van der Waals surface area contributed by atoms with Gasteiger partial charge in [-0.15, -0.1) is 0 Å². The van der Waals surface area contributed by atoms with Gasteiger partial charge >= 0.3 is 0 Å². The standard InChI is InChI=1S/C16H19N3O/c1-13-12-14(4-3-8-17)5-6-15(13)20-11-7-16-18-9-10-19(16)2/h5-6,9-10,12H,7-8,11,17H2,1-2H3. The maximum absolute atomic E-state index is 5.80. The molecule has 0 fully saturated rings. The van der Waals surface area contributed by atoms with E-state index in [4.69, 9.17) is 10.5 Å². The summed E-state index contributed by atoms with van der Waals surface area (Å²) in [6, 6.07) is 5.92. The van der Waals surface area contributed by atoms with E-state index in [2.05, 4.69) is 16.8 Å². The molecule has 4 nitrogen and oxygen atoms in total. The highest BCUT2D eigenvalue weighted by Crippen LogP contribution is 2.19. The quantitative estimate of drug-likeness (QED) is 0.859. The number of benzene rings is 1. The van der Waals surface area contributed by atoms with Crippen LogP contribution in [-0.2, 0) is 13.5 Å². The molecule has 0 saturated heterocycles. The summed E-state index contributed by atoms with van der Waals surface area (Å²) in [6.07, 6.45) is 4.52. The average Bonchev–Trinajstić information content (AvgIpc) is 2.84. The molecule has 0 spiro atoms. The Bertz CT molecular complexity index is 635. The molecule has 0 radical (unpaired) electrons. The van der Waals surface area contributed by atoms with Gasteiger partial charge in [0, 0.05) is 31.4 Å². The number of nitrogens with zero attached hydrogens (tertiary/aromatic N) is 2. The highest BCUT2D eigenvalue weighted by atomic mass is 16.5. The smallest absolute Gasteiger partial charge is 0.122 e. The van der Waals surface area contributed by atoms with Gasteiger partial charge < -0.3 is 15.0 Å². The Balaban J connectivity index is 1.95. The van der Waals surface area contributed by atoms with E-state index < -0.39 is 0 Å². The predicted molar refractivity (Wildman–Crippen MR) is 79.5 cm³/mol. The van der Waals surface area contributed by atoms with Crippen molar-refractivity contribution in [1.82, 2.24) is 9.55 Å². The van der Waals surface area contributed by atoms with Crippen LogP contribution in [0.1, 0.15) is 17.0 Å². The normalized spacial score (nSPS) is 9.95. The molecule has 4 heteroatoms. The van der Waals surface area contributed by atoms with Crippen LogP contribution in [0.15, 0.2) is 30.6 Å². The zero-order chi connectivity index (χ0) is 14.4. The van der Waals surface area contributed by atoms with Crippen molar-refractivity contribution in [3.05, 3.63) is 47.5 Å². The van der Waals surface area contributed by atoms with Crippen molar-refractivity contribution >= 4 is 0 Å². The van der Waals surface area contributed by atoms with E-state index >= 15 is 0 Å². The van der Waals surface area contributed by atoms with Crippen LogP contribution in [0, 0.1) is 18.8 Å². The summed E-state index contributed by atoms with van der Waals surface area (Å²) in [5.74, 6) is 7.77. The third kappa shape index (κ3) is 3.62. The van der Waals surface area contributed by atoms with E-state index in [1.54, 1.807) is 6.20 Å². The van der Waals surface area contributed by atoms with Crippen molar-refractivity contribution in [1.29, 1.82) is 0 Å². The summed E-state index contributed by atoms with van der Waals surface area (Å²) in [6.45, 7) is 3.00. The van der Waals surface area contributed by atoms with Crippen LogP contribution < -0.4 is 10.5 Å². The van der Waals surface area contributed by atoms with E-state index in [0.717, 1.165) is 29.1 Å². The van der Waals surface area contributed by atoms with Crippen LogP contribution in [0.25, 0.3) is 0 Å². The lowest BCUT2D eigenvalue weighted by Gasteiger charge is -2.09. The summed E-state index contributed by atoms with van der Waals surface area (Å²) in [5.41, 5.74) is 7.40. The van der Waals surface area contributed by atoms with Gasteiger partial charge in [-0.05, 0) is 30.7 Å². The van der Waals surface area contributed by atoms with E-state index in [0.29, 0.717) is 13.2 Å².